The molecule has 0 aliphatic carbocycles. The van der Waals surface area contributed by atoms with Crippen molar-refractivity contribution in [2.24, 2.45) is 0 Å². The third-order valence-electron chi connectivity index (χ3n) is 3.25. The van der Waals surface area contributed by atoms with E-state index in [1.807, 2.05) is 6.92 Å². The number of hydrogen-bond acceptors (Lipinski definition) is 2. The molecule has 2 rings (SSSR count). The SMILES string of the molecule is CCNC(c1ccc(C(F)(F)F)c(F)c1)c1ccoc1C. The molecule has 1 unspecified atom stereocenters. The maximum absolute atomic E-state index is 13.7. The zero-order chi connectivity index (χ0) is 15.6. The molecule has 0 aliphatic rings. The van der Waals surface area contributed by atoms with Gasteiger partial charge in [-0.05, 0) is 37.2 Å². The van der Waals surface area contributed by atoms with E-state index >= 15 is 0 Å². The Morgan fingerprint density at radius 2 is 1.95 bits per heavy atom. The van der Waals surface area contributed by atoms with Crippen LogP contribution in [0.15, 0.2) is 34.9 Å². The van der Waals surface area contributed by atoms with E-state index in [2.05, 4.69) is 5.32 Å². The summed E-state index contributed by atoms with van der Waals surface area (Å²) in [6.07, 6.45) is -3.20. The van der Waals surface area contributed by atoms with E-state index in [1.54, 1.807) is 13.0 Å². The molecule has 6 heteroatoms. The van der Waals surface area contributed by atoms with E-state index < -0.39 is 23.6 Å². The average molecular weight is 301 g/mol. The van der Waals surface area contributed by atoms with E-state index in [4.69, 9.17) is 4.42 Å². The number of hydrogen-bond donors (Lipinski definition) is 1. The summed E-state index contributed by atoms with van der Waals surface area (Å²) >= 11 is 0. The van der Waals surface area contributed by atoms with E-state index in [0.717, 1.165) is 17.7 Å². The van der Waals surface area contributed by atoms with Crippen molar-refractivity contribution in [1.29, 1.82) is 0 Å². The van der Waals surface area contributed by atoms with E-state index in [1.165, 1.54) is 12.3 Å². The van der Waals surface area contributed by atoms with Gasteiger partial charge in [0.05, 0.1) is 17.9 Å². The number of aryl methyl sites for hydroxylation is 1. The molecule has 1 aromatic carbocycles. The first kappa shape index (κ1) is 15.6. The Morgan fingerprint density at radius 3 is 2.43 bits per heavy atom. The normalized spacial score (nSPS) is 13.4. The predicted octanol–water partition coefficient (Wildman–Crippen LogP) is 4.44. The van der Waals surface area contributed by atoms with Crippen LogP contribution in [0, 0.1) is 12.7 Å². The van der Waals surface area contributed by atoms with Crippen LogP contribution in [-0.4, -0.2) is 6.54 Å². The van der Waals surface area contributed by atoms with Gasteiger partial charge in [-0.1, -0.05) is 13.0 Å². The molecule has 1 heterocycles. The summed E-state index contributed by atoms with van der Waals surface area (Å²) in [6.45, 7) is 4.20. The Bertz CT molecular complexity index is 618. The Kier molecular flexibility index (Phi) is 4.37. The highest BCUT2D eigenvalue weighted by molar-refractivity contribution is 5.36. The number of rotatable bonds is 4. The third kappa shape index (κ3) is 3.26. The van der Waals surface area contributed by atoms with Crippen LogP contribution in [0.4, 0.5) is 17.6 Å². The van der Waals surface area contributed by atoms with Crippen molar-refractivity contribution < 1.29 is 22.0 Å². The topological polar surface area (TPSA) is 25.2 Å². The van der Waals surface area contributed by atoms with Crippen LogP contribution >= 0.6 is 0 Å². The number of halogens is 4. The van der Waals surface area contributed by atoms with Crippen LogP contribution in [0.3, 0.4) is 0 Å². The van der Waals surface area contributed by atoms with Crippen LogP contribution in [0.2, 0.25) is 0 Å². The van der Waals surface area contributed by atoms with Gasteiger partial charge < -0.3 is 9.73 Å². The fraction of sp³-hybridized carbons (Fsp3) is 0.333. The molecule has 0 radical (unpaired) electrons. The summed E-state index contributed by atoms with van der Waals surface area (Å²) in [6, 6.07) is 4.28. The lowest BCUT2D eigenvalue weighted by Gasteiger charge is -2.19. The lowest BCUT2D eigenvalue weighted by molar-refractivity contribution is -0.140. The fourth-order valence-corrected chi connectivity index (χ4v) is 2.25. The first-order chi connectivity index (χ1) is 9.84. The van der Waals surface area contributed by atoms with Crippen molar-refractivity contribution in [2.75, 3.05) is 6.54 Å². The number of alkyl halides is 3. The van der Waals surface area contributed by atoms with Gasteiger partial charge in [0.15, 0.2) is 0 Å². The van der Waals surface area contributed by atoms with Crippen LogP contribution < -0.4 is 5.32 Å². The number of benzene rings is 1. The van der Waals surface area contributed by atoms with Crippen molar-refractivity contribution in [3.63, 3.8) is 0 Å². The van der Waals surface area contributed by atoms with E-state index in [9.17, 15) is 17.6 Å². The van der Waals surface area contributed by atoms with Crippen molar-refractivity contribution in [1.82, 2.24) is 5.32 Å². The Balaban J connectivity index is 2.43. The lowest BCUT2D eigenvalue weighted by Crippen LogP contribution is -2.22. The minimum Gasteiger partial charge on any atom is -0.469 e. The van der Waals surface area contributed by atoms with Crippen molar-refractivity contribution >= 4 is 0 Å². The highest BCUT2D eigenvalue weighted by atomic mass is 19.4. The van der Waals surface area contributed by atoms with Gasteiger partial charge in [-0.15, -0.1) is 0 Å². The second-order valence-corrected chi connectivity index (χ2v) is 4.66. The minimum absolute atomic E-state index is 0.412. The molecule has 0 bridgehead atoms. The standard InChI is InChI=1S/C15H15F4NO/c1-3-20-14(11-6-7-21-9(11)2)10-4-5-12(13(16)8-10)15(17,18)19/h4-8,14,20H,3H2,1-2H3. The molecule has 114 valence electrons. The highest BCUT2D eigenvalue weighted by Gasteiger charge is 2.34. The zero-order valence-electron chi connectivity index (χ0n) is 11.6. The molecule has 2 aromatic rings. The van der Waals surface area contributed by atoms with E-state index in [-0.39, 0.29) is 0 Å². The maximum Gasteiger partial charge on any atom is 0.419 e. The first-order valence-corrected chi connectivity index (χ1v) is 6.48. The van der Waals surface area contributed by atoms with Gasteiger partial charge in [0.25, 0.3) is 0 Å². The molecule has 0 saturated carbocycles. The average Bonchev–Trinajstić information content (AvgIpc) is 2.80. The molecule has 1 atom stereocenters. The summed E-state index contributed by atoms with van der Waals surface area (Å²) in [5.41, 5.74) is -0.0618. The molecule has 0 aliphatic heterocycles. The summed E-state index contributed by atoms with van der Waals surface area (Å²) in [4.78, 5) is 0. The van der Waals surface area contributed by atoms with Gasteiger partial charge in [-0.2, -0.15) is 13.2 Å². The van der Waals surface area contributed by atoms with Crippen molar-refractivity contribution in [3.05, 3.63) is 58.8 Å². The molecule has 0 amide bonds. The smallest absolute Gasteiger partial charge is 0.419 e. The van der Waals surface area contributed by atoms with Gasteiger partial charge in [0.1, 0.15) is 11.6 Å². The highest BCUT2D eigenvalue weighted by Crippen LogP contribution is 2.34. The summed E-state index contributed by atoms with van der Waals surface area (Å²) in [5.74, 6) is -0.634. The molecule has 0 spiro atoms. The molecule has 21 heavy (non-hydrogen) atoms. The lowest BCUT2D eigenvalue weighted by atomic mass is 9.97. The fourth-order valence-electron chi connectivity index (χ4n) is 2.25. The minimum atomic E-state index is -4.69. The van der Waals surface area contributed by atoms with Gasteiger partial charge in [-0.3, -0.25) is 0 Å². The molecule has 1 aromatic heterocycles. The Morgan fingerprint density at radius 1 is 1.24 bits per heavy atom. The second-order valence-electron chi connectivity index (χ2n) is 4.66. The Labute approximate surface area is 119 Å². The third-order valence-corrected chi connectivity index (χ3v) is 3.25. The van der Waals surface area contributed by atoms with Crippen LogP contribution in [-0.2, 0) is 6.18 Å². The monoisotopic (exact) mass is 301 g/mol. The number of furan rings is 1. The summed E-state index contributed by atoms with van der Waals surface area (Å²) < 4.78 is 56.7. The molecule has 1 N–H and O–H groups in total. The zero-order valence-corrected chi connectivity index (χ0v) is 11.6. The van der Waals surface area contributed by atoms with Gasteiger partial charge in [-0.25, -0.2) is 4.39 Å². The van der Waals surface area contributed by atoms with Crippen molar-refractivity contribution in [2.45, 2.75) is 26.1 Å². The largest absolute Gasteiger partial charge is 0.469 e. The van der Waals surface area contributed by atoms with Crippen LogP contribution in [0.5, 0.6) is 0 Å². The Hall–Kier alpha value is -1.82. The van der Waals surface area contributed by atoms with E-state index in [0.29, 0.717) is 17.9 Å². The predicted molar refractivity (Wildman–Crippen MR) is 70.4 cm³/mol. The van der Waals surface area contributed by atoms with Gasteiger partial charge in [0.2, 0.25) is 0 Å². The van der Waals surface area contributed by atoms with Crippen LogP contribution in [0.25, 0.3) is 0 Å². The van der Waals surface area contributed by atoms with Gasteiger partial charge >= 0.3 is 6.18 Å². The van der Waals surface area contributed by atoms with Crippen LogP contribution in [0.1, 0.15) is 35.4 Å². The van der Waals surface area contributed by atoms with Gasteiger partial charge in [0, 0.05) is 5.56 Å². The molecular weight excluding hydrogens is 286 g/mol. The quantitative estimate of drug-likeness (QED) is 0.844. The second kappa shape index (κ2) is 5.89. The maximum atomic E-state index is 13.7. The molecule has 2 nitrogen and oxygen atoms in total. The van der Waals surface area contributed by atoms with Crippen molar-refractivity contribution in [3.8, 4) is 0 Å². The summed E-state index contributed by atoms with van der Waals surface area (Å²) in [5, 5.41) is 3.12. The molecule has 0 saturated heterocycles. The summed E-state index contributed by atoms with van der Waals surface area (Å²) in [7, 11) is 0. The first-order valence-electron chi connectivity index (χ1n) is 6.48. The molecular formula is C15H15F4NO. The molecule has 0 fully saturated rings. The number of nitrogens with one attached hydrogen (secondary N) is 1.